The van der Waals surface area contributed by atoms with E-state index in [1.165, 1.54) is 36.9 Å². The van der Waals surface area contributed by atoms with Crippen molar-refractivity contribution >= 4 is 5.91 Å². The molecule has 5 heteroatoms. The molecule has 1 atom stereocenters. The number of ether oxygens (including phenoxy) is 1. The van der Waals surface area contributed by atoms with Gasteiger partial charge in [0.2, 0.25) is 5.91 Å². The molecule has 1 aliphatic carbocycles. The highest BCUT2D eigenvalue weighted by molar-refractivity contribution is 5.77. The van der Waals surface area contributed by atoms with Crippen molar-refractivity contribution in [2.45, 2.75) is 57.5 Å². The third kappa shape index (κ3) is 2.67. The zero-order chi connectivity index (χ0) is 14.9. The summed E-state index contributed by atoms with van der Waals surface area (Å²) in [5, 5.41) is 7.71. The molecule has 4 rings (SSSR count). The summed E-state index contributed by atoms with van der Waals surface area (Å²) in [5.41, 5.74) is 3.63. The van der Waals surface area contributed by atoms with Crippen molar-refractivity contribution in [1.29, 1.82) is 0 Å². The van der Waals surface area contributed by atoms with E-state index in [1.807, 2.05) is 0 Å². The summed E-state index contributed by atoms with van der Waals surface area (Å²) < 4.78 is 5.58. The van der Waals surface area contributed by atoms with Crippen LogP contribution in [0.2, 0.25) is 0 Å². The second kappa shape index (κ2) is 6.03. The quantitative estimate of drug-likeness (QED) is 0.932. The van der Waals surface area contributed by atoms with Crippen LogP contribution in [0.15, 0.2) is 0 Å². The molecule has 1 saturated carbocycles. The van der Waals surface area contributed by atoms with Gasteiger partial charge in [0.15, 0.2) is 0 Å². The first-order chi connectivity index (χ1) is 10.8. The lowest BCUT2D eigenvalue weighted by Gasteiger charge is -2.19. The number of hydrogen-bond donors (Lipinski definition) is 1. The molecule has 22 heavy (non-hydrogen) atoms. The van der Waals surface area contributed by atoms with Crippen LogP contribution in [0.1, 0.15) is 61.4 Å². The maximum atomic E-state index is 12.5. The topological polar surface area (TPSA) is 58.2 Å². The molecular formula is C17H25N3O2. The van der Waals surface area contributed by atoms with Crippen molar-refractivity contribution in [3.8, 4) is 0 Å². The third-order valence-electron chi connectivity index (χ3n) is 5.59. The van der Waals surface area contributed by atoms with Gasteiger partial charge in [-0.1, -0.05) is 12.8 Å². The molecule has 2 fully saturated rings. The molecule has 1 amide bonds. The molecule has 0 bridgehead atoms. The van der Waals surface area contributed by atoms with Gasteiger partial charge in [-0.15, -0.1) is 0 Å². The van der Waals surface area contributed by atoms with Gasteiger partial charge in [0.25, 0.3) is 0 Å². The fraction of sp³-hybridized carbons (Fsp3) is 0.765. The smallest absolute Gasteiger partial charge is 0.222 e. The number of nitrogens with zero attached hydrogens (tertiary/aromatic N) is 2. The van der Waals surface area contributed by atoms with E-state index in [1.54, 1.807) is 0 Å². The second-order valence-electron chi connectivity index (χ2n) is 7.05. The summed E-state index contributed by atoms with van der Waals surface area (Å²) in [6.07, 6.45) is 7.82. The summed E-state index contributed by atoms with van der Waals surface area (Å²) in [7, 11) is 0. The molecule has 0 radical (unpaired) electrons. The Bertz CT molecular complexity index is 548. The summed E-state index contributed by atoms with van der Waals surface area (Å²) in [6.45, 7) is 3.18. The molecule has 0 spiro atoms. The second-order valence-corrected chi connectivity index (χ2v) is 7.05. The van der Waals surface area contributed by atoms with E-state index in [0.717, 1.165) is 44.7 Å². The molecule has 1 N–H and O–H groups in total. The molecule has 1 saturated heterocycles. The maximum Gasteiger partial charge on any atom is 0.222 e. The number of rotatable bonds is 3. The molecule has 2 aliphatic heterocycles. The standard InChI is InChI=1S/C17H25N3O2/c21-16(9-12-3-1-2-4-12)20-7-5-13(10-20)17-14-11-22-8-6-15(14)18-19-17/h12-13H,1-11H2,(H,18,19). The van der Waals surface area contributed by atoms with Crippen molar-refractivity contribution in [2.24, 2.45) is 5.92 Å². The van der Waals surface area contributed by atoms with Crippen LogP contribution in [0.25, 0.3) is 0 Å². The molecule has 1 aromatic rings. The Labute approximate surface area is 131 Å². The van der Waals surface area contributed by atoms with Crippen molar-refractivity contribution in [3.05, 3.63) is 17.0 Å². The van der Waals surface area contributed by atoms with Crippen LogP contribution in [0.5, 0.6) is 0 Å². The van der Waals surface area contributed by atoms with E-state index < -0.39 is 0 Å². The van der Waals surface area contributed by atoms with Crippen molar-refractivity contribution < 1.29 is 9.53 Å². The highest BCUT2D eigenvalue weighted by Gasteiger charge is 2.32. The summed E-state index contributed by atoms with van der Waals surface area (Å²) in [4.78, 5) is 14.5. The predicted octanol–water partition coefficient (Wildman–Crippen LogP) is 2.38. The van der Waals surface area contributed by atoms with Crippen LogP contribution in [-0.2, 0) is 22.6 Å². The fourth-order valence-electron chi connectivity index (χ4n) is 4.27. The van der Waals surface area contributed by atoms with Crippen LogP contribution in [0, 0.1) is 5.92 Å². The Morgan fingerprint density at radius 1 is 1.32 bits per heavy atom. The van der Waals surface area contributed by atoms with Crippen LogP contribution in [0.4, 0.5) is 0 Å². The Kier molecular flexibility index (Phi) is 3.90. The highest BCUT2D eigenvalue weighted by atomic mass is 16.5. The maximum absolute atomic E-state index is 12.5. The van der Waals surface area contributed by atoms with Gasteiger partial charge in [-0.25, -0.2) is 0 Å². The lowest BCUT2D eigenvalue weighted by atomic mass is 9.98. The first kappa shape index (κ1) is 14.2. The number of amides is 1. The van der Waals surface area contributed by atoms with Gasteiger partial charge in [-0.3, -0.25) is 9.89 Å². The fourth-order valence-corrected chi connectivity index (χ4v) is 4.27. The monoisotopic (exact) mass is 303 g/mol. The molecule has 3 heterocycles. The van der Waals surface area contributed by atoms with E-state index in [9.17, 15) is 4.79 Å². The van der Waals surface area contributed by atoms with Gasteiger partial charge in [-0.05, 0) is 25.2 Å². The first-order valence-electron chi connectivity index (χ1n) is 8.73. The summed E-state index contributed by atoms with van der Waals surface area (Å²) in [5.74, 6) is 1.38. The normalized spacial score (nSPS) is 25.6. The van der Waals surface area contributed by atoms with Gasteiger partial charge in [0.05, 0.1) is 18.9 Å². The van der Waals surface area contributed by atoms with Crippen molar-refractivity contribution in [3.63, 3.8) is 0 Å². The largest absolute Gasteiger partial charge is 0.376 e. The van der Waals surface area contributed by atoms with Crippen LogP contribution >= 0.6 is 0 Å². The average molecular weight is 303 g/mol. The molecule has 1 aromatic heterocycles. The number of aromatic nitrogens is 2. The third-order valence-corrected chi connectivity index (χ3v) is 5.59. The molecule has 1 unspecified atom stereocenters. The Hall–Kier alpha value is -1.36. The SMILES string of the molecule is O=C(CC1CCCC1)N1CCC(c2n[nH]c3c2COCC3)C1. The molecule has 120 valence electrons. The van der Waals surface area contributed by atoms with E-state index in [0.29, 0.717) is 24.3 Å². The lowest BCUT2D eigenvalue weighted by Crippen LogP contribution is -2.29. The van der Waals surface area contributed by atoms with Crippen LogP contribution < -0.4 is 0 Å². The van der Waals surface area contributed by atoms with E-state index in [2.05, 4.69) is 15.1 Å². The molecular weight excluding hydrogens is 278 g/mol. The molecule has 0 aromatic carbocycles. The van der Waals surface area contributed by atoms with Gasteiger partial charge >= 0.3 is 0 Å². The Morgan fingerprint density at radius 3 is 3.05 bits per heavy atom. The predicted molar refractivity (Wildman–Crippen MR) is 82.5 cm³/mol. The van der Waals surface area contributed by atoms with E-state index >= 15 is 0 Å². The zero-order valence-corrected chi connectivity index (χ0v) is 13.1. The van der Waals surface area contributed by atoms with Gasteiger partial charge in [0, 0.05) is 43.1 Å². The van der Waals surface area contributed by atoms with Gasteiger partial charge in [-0.2, -0.15) is 5.10 Å². The average Bonchev–Trinajstić information content (AvgIpc) is 3.27. The minimum absolute atomic E-state index is 0.357. The van der Waals surface area contributed by atoms with Crippen molar-refractivity contribution in [2.75, 3.05) is 19.7 Å². The number of fused-ring (bicyclic) bond motifs is 1. The number of carbonyl (C=O) groups excluding carboxylic acids is 1. The minimum Gasteiger partial charge on any atom is -0.376 e. The number of likely N-dealkylation sites (tertiary alicyclic amines) is 1. The summed E-state index contributed by atoms with van der Waals surface area (Å²) in [6, 6.07) is 0. The van der Waals surface area contributed by atoms with Crippen LogP contribution in [-0.4, -0.2) is 40.7 Å². The minimum atomic E-state index is 0.357. The number of carbonyl (C=O) groups is 1. The van der Waals surface area contributed by atoms with E-state index in [-0.39, 0.29) is 0 Å². The van der Waals surface area contributed by atoms with Gasteiger partial charge < -0.3 is 9.64 Å². The van der Waals surface area contributed by atoms with Crippen LogP contribution in [0.3, 0.4) is 0 Å². The van der Waals surface area contributed by atoms with E-state index in [4.69, 9.17) is 4.74 Å². The Morgan fingerprint density at radius 2 is 2.18 bits per heavy atom. The zero-order valence-electron chi connectivity index (χ0n) is 13.1. The number of nitrogens with one attached hydrogen (secondary N) is 1. The Balaban J connectivity index is 1.39. The summed E-state index contributed by atoms with van der Waals surface area (Å²) >= 11 is 0. The molecule has 5 nitrogen and oxygen atoms in total. The number of H-pyrrole nitrogens is 1. The number of aromatic amines is 1. The lowest BCUT2D eigenvalue weighted by molar-refractivity contribution is -0.131. The first-order valence-corrected chi connectivity index (χ1v) is 8.73. The molecule has 3 aliphatic rings. The number of hydrogen-bond acceptors (Lipinski definition) is 3. The van der Waals surface area contributed by atoms with Gasteiger partial charge in [0.1, 0.15) is 0 Å². The highest BCUT2D eigenvalue weighted by Crippen LogP contribution is 2.33. The van der Waals surface area contributed by atoms with Crippen molar-refractivity contribution in [1.82, 2.24) is 15.1 Å².